The minimum absolute atomic E-state index is 0.192. The number of carboxylic acid groups (broad SMARTS) is 1. The maximum atomic E-state index is 12.8. The van der Waals surface area contributed by atoms with E-state index in [-0.39, 0.29) is 12.1 Å². The number of hydrogen-bond acceptors (Lipinski definition) is 6. The number of carbonyl (C=O) groups is 1. The fourth-order valence-electron chi connectivity index (χ4n) is 3.06. The van der Waals surface area contributed by atoms with Gasteiger partial charge >= 0.3 is 17.8 Å². The van der Waals surface area contributed by atoms with Crippen molar-refractivity contribution in [1.82, 2.24) is 24.0 Å². The molecule has 0 saturated carbocycles. The summed E-state index contributed by atoms with van der Waals surface area (Å²) >= 11 is 0. The van der Waals surface area contributed by atoms with Crippen molar-refractivity contribution in [3.63, 3.8) is 0 Å². The van der Waals surface area contributed by atoms with Gasteiger partial charge < -0.3 is 15.3 Å². The molecule has 0 bridgehead atoms. The highest BCUT2D eigenvalue weighted by atomic mass is 19.4. The number of halogens is 3. The van der Waals surface area contributed by atoms with Crippen LogP contribution in [0, 0.1) is 23.7 Å². The lowest BCUT2D eigenvalue weighted by Crippen LogP contribution is -2.44. The first-order valence-corrected chi connectivity index (χ1v) is 9.79. The molecule has 0 spiro atoms. The zero-order chi connectivity index (χ0) is 24.8. The van der Waals surface area contributed by atoms with Gasteiger partial charge in [0.2, 0.25) is 5.95 Å². The SMILES string of the molecule is CC#CCn1c(N2CCNCC2)nc2c1c(=O)n(C)c(=O)n2CC#CC.O=C(O)C(F)(F)F. The molecule has 178 valence electrons. The summed E-state index contributed by atoms with van der Waals surface area (Å²) in [5.74, 6) is 9.47. The molecule has 2 aromatic heterocycles. The molecular weight excluding hydrogens is 445 g/mol. The van der Waals surface area contributed by atoms with Crippen molar-refractivity contribution >= 4 is 23.1 Å². The molecule has 0 unspecified atom stereocenters. The average Bonchev–Trinajstić information content (AvgIpc) is 3.16. The predicted molar refractivity (Wildman–Crippen MR) is 115 cm³/mol. The first kappa shape index (κ1) is 25.5. The van der Waals surface area contributed by atoms with Gasteiger partial charge in [-0.1, -0.05) is 11.8 Å². The number of imidazole rings is 1. The Morgan fingerprint density at radius 1 is 1.09 bits per heavy atom. The van der Waals surface area contributed by atoms with E-state index in [1.165, 1.54) is 11.6 Å². The first-order chi connectivity index (χ1) is 15.5. The molecule has 0 aliphatic carbocycles. The van der Waals surface area contributed by atoms with Crippen LogP contribution >= 0.6 is 0 Å². The summed E-state index contributed by atoms with van der Waals surface area (Å²) in [5.41, 5.74) is -0.0191. The van der Waals surface area contributed by atoms with Gasteiger partial charge in [-0.2, -0.15) is 18.2 Å². The number of aromatic nitrogens is 4. The number of anilines is 1. The zero-order valence-electron chi connectivity index (χ0n) is 18.3. The smallest absolute Gasteiger partial charge is 0.475 e. The van der Waals surface area contributed by atoms with Gasteiger partial charge in [0, 0.05) is 33.2 Å². The fourth-order valence-corrected chi connectivity index (χ4v) is 3.06. The number of piperazine rings is 1. The van der Waals surface area contributed by atoms with Gasteiger partial charge in [-0.05, 0) is 13.8 Å². The van der Waals surface area contributed by atoms with Gasteiger partial charge in [-0.3, -0.25) is 18.5 Å². The number of hydrogen-bond donors (Lipinski definition) is 2. The molecule has 13 heteroatoms. The monoisotopic (exact) mass is 468 g/mol. The number of nitrogens with zero attached hydrogens (tertiary/aromatic N) is 5. The largest absolute Gasteiger partial charge is 0.490 e. The predicted octanol–water partition coefficient (Wildman–Crippen LogP) is -0.0138. The molecule has 1 aliphatic heterocycles. The van der Waals surface area contributed by atoms with Crippen molar-refractivity contribution in [3.05, 3.63) is 20.8 Å². The maximum absolute atomic E-state index is 12.8. The molecule has 1 aliphatic rings. The van der Waals surface area contributed by atoms with Crippen molar-refractivity contribution in [2.75, 3.05) is 31.1 Å². The van der Waals surface area contributed by atoms with E-state index in [0.717, 1.165) is 30.7 Å². The summed E-state index contributed by atoms with van der Waals surface area (Å²) in [4.78, 5) is 41.1. The lowest BCUT2D eigenvalue weighted by Gasteiger charge is -2.28. The molecule has 1 saturated heterocycles. The summed E-state index contributed by atoms with van der Waals surface area (Å²) in [7, 11) is 1.48. The quantitative estimate of drug-likeness (QED) is 0.609. The first-order valence-electron chi connectivity index (χ1n) is 9.79. The van der Waals surface area contributed by atoms with Gasteiger partial charge in [-0.25, -0.2) is 9.59 Å². The maximum Gasteiger partial charge on any atom is 0.490 e. The van der Waals surface area contributed by atoms with E-state index in [1.54, 1.807) is 13.8 Å². The van der Waals surface area contributed by atoms with E-state index in [0.29, 0.717) is 23.7 Å². The molecule has 2 N–H and O–H groups in total. The minimum Gasteiger partial charge on any atom is -0.475 e. The highest BCUT2D eigenvalue weighted by molar-refractivity contribution is 5.75. The van der Waals surface area contributed by atoms with Crippen LogP contribution in [0.25, 0.3) is 11.2 Å². The standard InChI is InChI=1S/C18H22N6O2.C2HF3O2/c1-4-6-10-23-14-15(20-17(23)22-12-8-19-9-13-22)24(11-7-5-2)18(26)21(3)16(14)25;3-2(4,5)1(6)7/h19H,8-13H2,1-3H3;(H,6,7). The Hall–Kier alpha value is -3.71. The molecular formula is C20H23F3N6O4. The van der Waals surface area contributed by atoms with E-state index >= 15 is 0 Å². The Morgan fingerprint density at radius 3 is 2.09 bits per heavy atom. The van der Waals surface area contributed by atoms with Crippen LogP contribution in [0.2, 0.25) is 0 Å². The summed E-state index contributed by atoms with van der Waals surface area (Å²) < 4.78 is 36.1. The number of rotatable bonds is 3. The van der Waals surface area contributed by atoms with Crippen LogP contribution in [-0.4, -0.2) is 62.1 Å². The van der Waals surface area contributed by atoms with E-state index in [2.05, 4.69) is 38.9 Å². The second kappa shape index (κ2) is 10.7. The average molecular weight is 468 g/mol. The molecule has 0 amide bonds. The van der Waals surface area contributed by atoms with Gasteiger partial charge in [0.15, 0.2) is 11.2 Å². The number of alkyl halides is 3. The van der Waals surface area contributed by atoms with Gasteiger partial charge in [0.1, 0.15) is 0 Å². The molecule has 3 heterocycles. The van der Waals surface area contributed by atoms with Crippen LogP contribution in [0.3, 0.4) is 0 Å². The number of fused-ring (bicyclic) bond motifs is 1. The molecule has 2 aromatic rings. The van der Waals surface area contributed by atoms with Crippen molar-refractivity contribution in [2.45, 2.75) is 33.1 Å². The lowest BCUT2D eigenvalue weighted by molar-refractivity contribution is -0.192. The molecule has 33 heavy (non-hydrogen) atoms. The normalized spacial score (nSPS) is 13.3. The van der Waals surface area contributed by atoms with Crippen molar-refractivity contribution in [3.8, 4) is 23.7 Å². The molecule has 0 aromatic carbocycles. The van der Waals surface area contributed by atoms with Crippen LogP contribution < -0.4 is 21.5 Å². The topological polar surface area (TPSA) is 114 Å². The van der Waals surface area contributed by atoms with E-state index < -0.39 is 17.8 Å². The Bertz CT molecular complexity index is 1260. The summed E-state index contributed by atoms with van der Waals surface area (Å²) in [6.45, 7) is 7.25. The third-order valence-corrected chi connectivity index (χ3v) is 4.68. The minimum atomic E-state index is -5.08. The molecule has 0 atom stereocenters. The van der Waals surface area contributed by atoms with Crippen LogP contribution in [0.1, 0.15) is 13.8 Å². The molecule has 3 rings (SSSR count). The van der Waals surface area contributed by atoms with Crippen molar-refractivity contribution in [1.29, 1.82) is 0 Å². The third kappa shape index (κ3) is 5.75. The third-order valence-electron chi connectivity index (χ3n) is 4.68. The molecule has 10 nitrogen and oxygen atoms in total. The van der Waals surface area contributed by atoms with E-state index in [9.17, 15) is 22.8 Å². The lowest BCUT2D eigenvalue weighted by atomic mass is 10.4. The van der Waals surface area contributed by atoms with Gasteiger partial charge in [0.25, 0.3) is 5.56 Å². The van der Waals surface area contributed by atoms with Crippen molar-refractivity contribution < 1.29 is 23.1 Å². The summed E-state index contributed by atoms with van der Waals surface area (Å²) in [5, 5.41) is 10.4. The van der Waals surface area contributed by atoms with Crippen LogP contribution in [0.5, 0.6) is 0 Å². The van der Waals surface area contributed by atoms with E-state index in [1.807, 2.05) is 4.57 Å². The zero-order valence-corrected chi connectivity index (χ0v) is 18.3. The second-order valence-corrected chi connectivity index (χ2v) is 6.80. The molecule has 0 radical (unpaired) electrons. The highest BCUT2D eigenvalue weighted by Crippen LogP contribution is 2.20. The van der Waals surface area contributed by atoms with Gasteiger partial charge in [0.05, 0.1) is 13.1 Å². The Labute approximate surface area is 186 Å². The van der Waals surface area contributed by atoms with Gasteiger partial charge in [-0.15, -0.1) is 11.8 Å². The van der Waals surface area contributed by atoms with Crippen LogP contribution in [0.15, 0.2) is 9.59 Å². The Kier molecular flexibility index (Phi) is 8.32. The van der Waals surface area contributed by atoms with Crippen molar-refractivity contribution in [2.24, 2.45) is 7.05 Å². The molecule has 1 fully saturated rings. The highest BCUT2D eigenvalue weighted by Gasteiger charge is 2.38. The Morgan fingerprint density at radius 2 is 1.61 bits per heavy atom. The number of carboxylic acids is 1. The summed E-state index contributed by atoms with van der Waals surface area (Å²) in [6.07, 6.45) is -5.08. The number of nitrogens with one attached hydrogen (secondary N) is 1. The van der Waals surface area contributed by atoms with Crippen LogP contribution in [0.4, 0.5) is 19.1 Å². The second-order valence-electron chi connectivity index (χ2n) is 6.80. The summed E-state index contributed by atoms with van der Waals surface area (Å²) in [6, 6.07) is 0. The van der Waals surface area contributed by atoms with Crippen LogP contribution in [-0.2, 0) is 24.9 Å². The number of aliphatic carboxylic acids is 1. The Balaban J connectivity index is 0.000000479. The van der Waals surface area contributed by atoms with E-state index in [4.69, 9.17) is 9.90 Å². The fraction of sp³-hybridized carbons (Fsp3) is 0.500.